The van der Waals surface area contributed by atoms with Crippen molar-refractivity contribution in [2.45, 2.75) is 17.9 Å². The van der Waals surface area contributed by atoms with Crippen molar-refractivity contribution in [3.8, 4) is 17.0 Å². The summed E-state index contributed by atoms with van der Waals surface area (Å²) in [6, 6.07) is 9.45. The molecule has 0 unspecified atom stereocenters. The smallest absolute Gasteiger partial charge is 0.417 e. The van der Waals surface area contributed by atoms with Gasteiger partial charge in [0.05, 0.1) is 23.4 Å². The van der Waals surface area contributed by atoms with Crippen molar-refractivity contribution in [2.24, 2.45) is 0 Å². The van der Waals surface area contributed by atoms with Gasteiger partial charge in [-0.05, 0) is 30.3 Å². The van der Waals surface area contributed by atoms with Crippen LogP contribution in [-0.2, 0) is 22.6 Å². The number of nitrogens with zero attached hydrogens (tertiary/aromatic N) is 2. The highest BCUT2D eigenvalue weighted by atomic mass is 35.5. The fourth-order valence-electron chi connectivity index (χ4n) is 3.39. The van der Waals surface area contributed by atoms with Crippen LogP contribution >= 0.6 is 11.6 Å². The lowest BCUT2D eigenvalue weighted by Gasteiger charge is -2.13. The monoisotopic (exact) mass is 485 g/mol. The molecule has 0 spiro atoms. The highest BCUT2D eigenvalue weighted by Crippen LogP contribution is 2.37. The number of imidazole rings is 1. The molecular formula is C20H15ClF3N3O4S. The van der Waals surface area contributed by atoms with Crippen LogP contribution in [0.3, 0.4) is 0 Å². The Kier molecular flexibility index (Phi) is 5.41. The second kappa shape index (κ2) is 7.82. The minimum Gasteiger partial charge on any atom is -0.497 e. The standard InChI is InChI=1S/C20H15ClF3N3O4S/c1-31-13-4-2-3-11(9-13)16-17(27-7-8-32(29,30)19(27)26-16)18(28)25-12-5-6-15(21)14(10-12)20(22,23)24/h2-6,9-10H,7-8H2,1H3,(H,25,28). The number of fused-ring (bicyclic) bond motifs is 1. The average molecular weight is 486 g/mol. The number of ether oxygens (including phenoxy) is 1. The van der Waals surface area contributed by atoms with Gasteiger partial charge in [0.25, 0.3) is 5.91 Å². The summed E-state index contributed by atoms with van der Waals surface area (Å²) in [6.07, 6.45) is -4.71. The van der Waals surface area contributed by atoms with E-state index >= 15 is 0 Å². The van der Waals surface area contributed by atoms with Crippen molar-refractivity contribution in [3.63, 3.8) is 0 Å². The second-order valence-electron chi connectivity index (χ2n) is 6.94. The lowest BCUT2D eigenvalue weighted by molar-refractivity contribution is -0.137. The summed E-state index contributed by atoms with van der Waals surface area (Å²) in [5.74, 6) is -0.584. The zero-order valence-electron chi connectivity index (χ0n) is 16.4. The summed E-state index contributed by atoms with van der Waals surface area (Å²) in [6.45, 7) is -0.00813. The van der Waals surface area contributed by atoms with Gasteiger partial charge >= 0.3 is 6.18 Å². The Morgan fingerprint density at radius 3 is 2.66 bits per heavy atom. The van der Waals surface area contributed by atoms with Gasteiger partial charge in [-0.25, -0.2) is 13.4 Å². The van der Waals surface area contributed by atoms with Gasteiger partial charge in [-0.3, -0.25) is 4.79 Å². The summed E-state index contributed by atoms with van der Waals surface area (Å²) >= 11 is 5.63. The van der Waals surface area contributed by atoms with Crippen LogP contribution in [0.2, 0.25) is 5.02 Å². The number of carbonyl (C=O) groups excluding carboxylic acids is 1. The van der Waals surface area contributed by atoms with Gasteiger partial charge in [0.2, 0.25) is 15.0 Å². The molecule has 1 N–H and O–H groups in total. The Labute approximate surface area is 185 Å². The first-order chi connectivity index (χ1) is 15.0. The first kappa shape index (κ1) is 22.2. The highest BCUT2D eigenvalue weighted by Gasteiger charge is 2.36. The van der Waals surface area contributed by atoms with Crippen LogP contribution in [-0.4, -0.2) is 36.7 Å². The molecule has 1 aromatic heterocycles. The lowest BCUT2D eigenvalue weighted by Crippen LogP contribution is -2.18. The highest BCUT2D eigenvalue weighted by molar-refractivity contribution is 7.91. The number of nitrogens with one attached hydrogen (secondary N) is 1. The van der Waals surface area contributed by atoms with E-state index in [9.17, 15) is 26.4 Å². The van der Waals surface area contributed by atoms with E-state index < -0.39 is 32.5 Å². The number of alkyl halides is 3. The number of amides is 1. The summed E-state index contributed by atoms with van der Waals surface area (Å²) in [5.41, 5.74) is -0.855. The average Bonchev–Trinajstić information content (AvgIpc) is 3.26. The maximum absolute atomic E-state index is 13.2. The van der Waals surface area contributed by atoms with Gasteiger partial charge in [-0.2, -0.15) is 13.2 Å². The molecule has 32 heavy (non-hydrogen) atoms. The van der Waals surface area contributed by atoms with E-state index in [1.54, 1.807) is 24.3 Å². The molecule has 0 radical (unpaired) electrons. The number of hydrogen-bond donors (Lipinski definition) is 1. The predicted octanol–water partition coefficient (Wildman–Crippen LogP) is 4.27. The van der Waals surface area contributed by atoms with Crippen molar-refractivity contribution in [1.82, 2.24) is 9.55 Å². The van der Waals surface area contributed by atoms with Crippen molar-refractivity contribution in [3.05, 3.63) is 58.7 Å². The predicted molar refractivity (Wildman–Crippen MR) is 111 cm³/mol. The molecule has 7 nitrogen and oxygen atoms in total. The number of methoxy groups -OCH3 is 1. The largest absolute Gasteiger partial charge is 0.497 e. The van der Waals surface area contributed by atoms with E-state index in [1.807, 2.05) is 0 Å². The number of anilines is 1. The normalized spacial score (nSPS) is 14.8. The minimum atomic E-state index is -4.71. The Bertz CT molecular complexity index is 1340. The van der Waals surface area contributed by atoms with Crippen molar-refractivity contribution >= 4 is 33.0 Å². The number of carbonyl (C=O) groups is 1. The molecule has 3 aromatic rings. The first-order valence-corrected chi connectivity index (χ1v) is 11.2. The molecule has 0 saturated heterocycles. The van der Waals surface area contributed by atoms with Crippen LogP contribution in [0.25, 0.3) is 11.3 Å². The maximum Gasteiger partial charge on any atom is 0.417 e. The van der Waals surface area contributed by atoms with E-state index in [0.717, 1.165) is 6.07 Å². The summed E-state index contributed by atoms with van der Waals surface area (Å²) in [4.78, 5) is 17.3. The number of halogens is 4. The molecular weight excluding hydrogens is 471 g/mol. The van der Waals surface area contributed by atoms with Crippen molar-refractivity contribution in [2.75, 3.05) is 18.2 Å². The molecule has 0 saturated carbocycles. The van der Waals surface area contributed by atoms with E-state index in [-0.39, 0.29) is 34.5 Å². The third-order valence-electron chi connectivity index (χ3n) is 4.88. The van der Waals surface area contributed by atoms with Crippen molar-refractivity contribution < 1.29 is 31.1 Å². The van der Waals surface area contributed by atoms with Crippen LogP contribution in [0.1, 0.15) is 16.1 Å². The Morgan fingerprint density at radius 1 is 1.22 bits per heavy atom. The number of sulfone groups is 1. The SMILES string of the molecule is COc1cccc(-c2nc3n(c2C(=O)Nc2ccc(Cl)c(C(F)(F)F)c2)CCS3(=O)=O)c1. The van der Waals surface area contributed by atoms with Gasteiger partial charge in [0.1, 0.15) is 17.1 Å². The van der Waals surface area contributed by atoms with Gasteiger partial charge in [-0.1, -0.05) is 23.7 Å². The summed E-state index contributed by atoms with van der Waals surface area (Å²) in [7, 11) is -2.25. The quantitative estimate of drug-likeness (QED) is 0.596. The third kappa shape index (κ3) is 3.93. The molecule has 0 bridgehead atoms. The zero-order chi connectivity index (χ0) is 23.3. The molecule has 12 heteroatoms. The first-order valence-electron chi connectivity index (χ1n) is 9.17. The van der Waals surface area contributed by atoms with Crippen LogP contribution in [0.4, 0.5) is 18.9 Å². The van der Waals surface area contributed by atoms with Crippen LogP contribution in [0.5, 0.6) is 5.75 Å². The second-order valence-corrected chi connectivity index (χ2v) is 9.35. The van der Waals surface area contributed by atoms with Gasteiger partial charge < -0.3 is 14.6 Å². The number of hydrogen-bond acceptors (Lipinski definition) is 5. The Balaban J connectivity index is 1.80. The molecule has 2 heterocycles. The third-order valence-corrected chi connectivity index (χ3v) is 6.80. The molecule has 0 aliphatic carbocycles. The minimum absolute atomic E-state index is 0.00813. The van der Waals surface area contributed by atoms with Gasteiger partial charge in [0.15, 0.2) is 0 Å². The fraction of sp³-hybridized carbons (Fsp3) is 0.200. The van der Waals surface area contributed by atoms with E-state index in [2.05, 4.69) is 10.3 Å². The molecule has 2 aromatic carbocycles. The molecule has 168 valence electrons. The summed E-state index contributed by atoms with van der Waals surface area (Å²) < 4.78 is 70.7. The summed E-state index contributed by atoms with van der Waals surface area (Å²) in [5, 5.41) is 1.61. The van der Waals surface area contributed by atoms with Crippen LogP contribution in [0.15, 0.2) is 47.6 Å². The van der Waals surface area contributed by atoms with Crippen LogP contribution in [0, 0.1) is 0 Å². The Hall–Kier alpha value is -3.05. The fourth-order valence-corrected chi connectivity index (χ4v) is 4.97. The van der Waals surface area contributed by atoms with Gasteiger partial charge in [0, 0.05) is 17.8 Å². The molecule has 1 aliphatic rings. The number of aromatic nitrogens is 2. The van der Waals surface area contributed by atoms with Crippen molar-refractivity contribution in [1.29, 1.82) is 0 Å². The van der Waals surface area contributed by atoms with E-state index in [0.29, 0.717) is 17.4 Å². The molecule has 0 fully saturated rings. The maximum atomic E-state index is 13.2. The molecule has 0 atom stereocenters. The van der Waals surface area contributed by atoms with Gasteiger partial charge in [-0.15, -0.1) is 0 Å². The number of benzene rings is 2. The molecule has 4 rings (SSSR count). The molecule has 1 amide bonds. The van der Waals surface area contributed by atoms with Crippen LogP contribution < -0.4 is 10.1 Å². The lowest BCUT2D eigenvalue weighted by atomic mass is 10.1. The van der Waals surface area contributed by atoms with E-state index in [4.69, 9.17) is 16.3 Å². The Morgan fingerprint density at radius 2 is 1.97 bits per heavy atom. The topological polar surface area (TPSA) is 90.3 Å². The zero-order valence-corrected chi connectivity index (χ0v) is 18.0. The van der Waals surface area contributed by atoms with E-state index in [1.165, 1.54) is 17.7 Å². The molecule has 1 aliphatic heterocycles. The number of rotatable bonds is 4.